The minimum Gasteiger partial charge on any atom is -0.506 e. The van der Waals surface area contributed by atoms with Crippen LogP contribution in [0.15, 0.2) is 42.5 Å². The molecule has 0 aromatic heterocycles. The molecule has 1 fully saturated rings. The lowest BCUT2D eigenvalue weighted by molar-refractivity contribution is -0.385. The number of rotatable bonds is 4. The van der Waals surface area contributed by atoms with Gasteiger partial charge >= 0.3 is 0 Å². The van der Waals surface area contributed by atoms with Crippen molar-refractivity contribution in [2.75, 3.05) is 36.0 Å². The molecule has 1 N–H and O–H groups in total. The highest BCUT2D eigenvalue weighted by molar-refractivity contribution is 5.99. The molecular weight excluding hydrogens is 322 g/mol. The molecule has 7 heteroatoms. The zero-order valence-corrected chi connectivity index (χ0v) is 13.9. The molecule has 1 heterocycles. The average molecular weight is 341 g/mol. The Kier molecular flexibility index (Phi) is 4.56. The van der Waals surface area contributed by atoms with Gasteiger partial charge in [0.1, 0.15) is 5.75 Å². The number of hydrogen-bond acceptors (Lipinski definition) is 6. The van der Waals surface area contributed by atoms with Crippen LogP contribution in [-0.2, 0) is 0 Å². The minimum atomic E-state index is -0.531. The van der Waals surface area contributed by atoms with Gasteiger partial charge in [0.25, 0.3) is 5.69 Å². The number of nitro benzene ring substituents is 1. The summed E-state index contributed by atoms with van der Waals surface area (Å²) in [6.07, 6.45) is 0. The SMILES string of the molecule is CC(=O)c1cc(N2CCN(c3ccccc3O)CC2)ccc1[N+](=O)[O-]. The molecule has 0 bridgehead atoms. The van der Waals surface area contributed by atoms with E-state index in [0.29, 0.717) is 26.2 Å². The van der Waals surface area contributed by atoms with Crippen LogP contribution >= 0.6 is 0 Å². The van der Waals surface area contributed by atoms with Crippen molar-refractivity contribution in [2.24, 2.45) is 0 Å². The molecular formula is C18H19N3O4. The molecule has 0 saturated carbocycles. The van der Waals surface area contributed by atoms with E-state index in [4.69, 9.17) is 0 Å². The standard InChI is InChI=1S/C18H19N3O4/c1-13(22)15-12-14(6-7-16(15)21(24)25)19-8-10-20(11-9-19)17-4-2-3-5-18(17)23/h2-7,12,23H,8-11H2,1H3. The minimum absolute atomic E-state index is 0.130. The summed E-state index contributed by atoms with van der Waals surface area (Å²) < 4.78 is 0. The molecule has 0 unspecified atom stereocenters. The molecule has 0 aliphatic carbocycles. The van der Waals surface area contributed by atoms with Crippen molar-refractivity contribution < 1.29 is 14.8 Å². The number of benzene rings is 2. The van der Waals surface area contributed by atoms with Crippen molar-refractivity contribution in [3.8, 4) is 5.75 Å². The van der Waals surface area contributed by atoms with Gasteiger partial charge in [-0.3, -0.25) is 14.9 Å². The lowest BCUT2D eigenvalue weighted by atomic mass is 10.1. The maximum atomic E-state index is 11.7. The van der Waals surface area contributed by atoms with Crippen molar-refractivity contribution in [3.63, 3.8) is 0 Å². The third-order valence-corrected chi connectivity index (χ3v) is 4.42. The Bertz CT molecular complexity index is 814. The van der Waals surface area contributed by atoms with Gasteiger partial charge in [-0.2, -0.15) is 0 Å². The highest BCUT2D eigenvalue weighted by atomic mass is 16.6. The Hall–Kier alpha value is -3.09. The fraction of sp³-hybridized carbons (Fsp3) is 0.278. The summed E-state index contributed by atoms with van der Waals surface area (Å²) in [5, 5.41) is 21.0. The third-order valence-electron chi connectivity index (χ3n) is 4.42. The average Bonchev–Trinajstić information content (AvgIpc) is 2.61. The quantitative estimate of drug-likeness (QED) is 0.523. The molecule has 1 aliphatic heterocycles. The number of Topliss-reactive ketones (excluding diaryl/α,β-unsaturated/α-hetero) is 1. The Balaban J connectivity index is 1.77. The maximum absolute atomic E-state index is 11.7. The third kappa shape index (κ3) is 3.40. The number of nitro groups is 1. The summed E-state index contributed by atoms with van der Waals surface area (Å²) in [4.78, 5) is 26.4. The van der Waals surface area contributed by atoms with E-state index in [1.54, 1.807) is 24.3 Å². The lowest BCUT2D eigenvalue weighted by Gasteiger charge is -2.37. The van der Waals surface area contributed by atoms with E-state index in [1.807, 2.05) is 12.1 Å². The zero-order valence-electron chi connectivity index (χ0n) is 13.9. The molecule has 1 aliphatic rings. The normalized spacial score (nSPS) is 14.4. The second-order valence-corrected chi connectivity index (χ2v) is 5.98. The van der Waals surface area contributed by atoms with Gasteiger partial charge in [-0.05, 0) is 31.2 Å². The molecule has 2 aromatic carbocycles. The first kappa shape index (κ1) is 16.8. The van der Waals surface area contributed by atoms with Gasteiger partial charge in [-0.25, -0.2) is 0 Å². The smallest absolute Gasteiger partial charge is 0.280 e. The maximum Gasteiger partial charge on any atom is 0.280 e. The Labute approximate surface area is 145 Å². The fourth-order valence-electron chi connectivity index (χ4n) is 3.10. The van der Waals surface area contributed by atoms with Crippen LogP contribution in [0, 0.1) is 10.1 Å². The number of aromatic hydroxyl groups is 1. The van der Waals surface area contributed by atoms with Gasteiger partial charge in [0.05, 0.1) is 16.2 Å². The van der Waals surface area contributed by atoms with Crippen LogP contribution in [0.4, 0.5) is 17.1 Å². The number of ketones is 1. The highest BCUT2D eigenvalue weighted by Gasteiger charge is 2.23. The number of nitrogens with zero attached hydrogens (tertiary/aromatic N) is 3. The van der Waals surface area contributed by atoms with Gasteiger partial charge < -0.3 is 14.9 Å². The molecule has 7 nitrogen and oxygen atoms in total. The lowest BCUT2D eigenvalue weighted by Crippen LogP contribution is -2.46. The molecule has 130 valence electrons. The van der Waals surface area contributed by atoms with Gasteiger partial charge in [0, 0.05) is 37.9 Å². The van der Waals surface area contributed by atoms with Crippen molar-refractivity contribution in [1.82, 2.24) is 0 Å². The summed E-state index contributed by atoms with van der Waals surface area (Å²) in [5.74, 6) is -0.0634. The van der Waals surface area contributed by atoms with E-state index in [-0.39, 0.29) is 22.8 Å². The largest absolute Gasteiger partial charge is 0.506 e. The number of carbonyl (C=O) groups excluding carboxylic acids is 1. The first-order chi connectivity index (χ1) is 12.0. The first-order valence-corrected chi connectivity index (χ1v) is 8.04. The number of anilines is 2. The summed E-state index contributed by atoms with van der Waals surface area (Å²) in [6.45, 7) is 4.16. The monoisotopic (exact) mass is 341 g/mol. The molecule has 0 spiro atoms. The second kappa shape index (κ2) is 6.80. The van der Waals surface area contributed by atoms with Gasteiger partial charge in [0.15, 0.2) is 5.78 Å². The van der Waals surface area contributed by atoms with E-state index in [0.717, 1.165) is 11.4 Å². The zero-order chi connectivity index (χ0) is 18.0. The number of carbonyl (C=O) groups is 1. The highest BCUT2D eigenvalue weighted by Crippen LogP contribution is 2.30. The first-order valence-electron chi connectivity index (χ1n) is 8.04. The number of piperazine rings is 1. The summed E-state index contributed by atoms with van der Waals surface area (Å²) >= 11 is 0. The van der Waals surface area contributed by atoms with Crippen LogP contribution in [0.25, 0.3) is 0 Å². The van der Waals surface area contributed by atoms with Gasteiger partial charge in [-0.1, -0.05) is 12.1 Å². The Morgan fingerprint density at radius 2 is 1.72 bits per heavy atom. The second-order valence-electron chi connectivity index (χ2n) is 5.98. The predicted molar refractivity (Wildman–Crippen MR) is 95.6 cm³/mol. The molecule has 2 aromatic rings. The van der Waals surface area contributed by atoms with Crippen LogP contribution in [0.3, 0.4) is 0 Å². The van der Waals surface area contributed by atoms with E-state index in [2.05, 4.69) is 9.80 Å². The van der Waals surface area contributed by atoms with E-state index in [9.17, 15) is 20.0 Å². The molecule has 3 rings (SSSR count). The van der Waals surface area contributed by atoms with Gasteiger partial charge in [0.2, 0.25) is 0 Å². The van der Waals surface area contributed by atoms with Crippen LogP contribution in [0.5, 0.6) is 5.75 Å². The van der Waals surface area contributed by atoms with Crippen molar-refractivity contribution in [2.45, 2.75) is 6.92 Å². The molecule has 0 amide bonds. The molecule has 0 atom stereocenters. The van der Waals surface area contributed by atoms with Crippen molar-refractivity contribution in [1.29, 1.82) is 0 Å². The number of phenols is 1. The van der Waals surface area contributed by atoms with Gasteiger partial charge in [-0.15, -0.1) is 0 Å². The van der Waals surface area contributed by atoms with E-state index in [1.165, 1.54) is 13.0 Å². The number of para-hydroxylation sites is 2. The summed E-state index contributed by atoms with van der Waals surface area (Å²) in [6, 6.07) is 11.9. The number of phenolic OH excluding ortho intramolecular Hbond substituents is 1. The van der Waals surface area contributed by atoms with E-state index >= 15 is 0 Å². The topological polar surface area (TPSA) is 86.9 Å². The van der Waals surface area contributed by atoms with Crippen LogP contribution < -0.4 is 9.80 Å². The molecule has 25 heavy (non-hydrogen) atoms. The number of hydrogen-bond donors (Lipinski definition) is 1. The van der Waals surface area contributed by atoms with Crippen LogP contribution in [-0.4, -0.2) is 42.0 Å². The fourth-order valence-corrected chi connectivity index (χ4v) is 3.10. The summed E-state index contributed by atoms with van der Waals surface area (Å²) in [5.41, 5.74) is 1.57. The van der Waals surface area contributed by atoms with Crippen molar-refractivity contribution in [3.05, 3.63) is 58.1 Å². The molecule has 1 saturated heterocycles. The summed E-state index contributed by atoms with van der Waals surface area (Å²) in [7, 11) is 0. The van der Waals surface area contributed by atoms with Crippen molar-refractivity contribution >= 4 is 22.8 Å². The Morgan fingerprint density at radius 3 is 2.32 bits per heavy atom. The van der Waals surface area contributed by atoms with Crippen LogP contribution in [0.2, 0.25) is 0 Å². The molecule has 0 radical (unpaired) electrons. The van der Waals surface area contributed by atoms with Crippen LogP contribution in [0.1, 0.15) is 17.3 Å². The van der Waals surface area contributed by atoms with E-state index < -0.39 is 4.92 Å². The Morgan fingerprint density at radius 1 is 1.08 bits per heavy atom. The predicted octanol–water partition coefficient (Wildman–Crippen LogP) is 2.83.